The molecule has 2 atom stereocenters. The number of benzene rings is 1. The zero-order valence-electron chi connectivity index (χ0n) is 10.1. The number of nitrogens with two attached hydrogens (primary N) is 1. The van der Waals surface area contributed by atoms with Gasteiger partial charge in [0, 0.05) is 30.8 Å². The molecule has 0 radical (unpaired) electrons. The summed E-state index contributed by atoms with van der Waals surface area (Å²) in [5.74, 6) is 0.615. The number of halogens is 3. The quantitative estimate of drug-likeness (QED) is 0.782. The summed E-state index contributed by atoms with van der Waals surface area (Å²) in [4.78, 5) is 1.05. The Bertz CT molecular complexity index is 553. The van der Waals surface area contributed by atoms with E-state index in [2.05, 4.69) is 15.9 Å². The van der Waals surface area contributed by atoms with Crippen LogP contribution in [0.15, 0.2) is 34.1 Å². The van der Waals surface area contributed by atoms with E-state index in [0.29, 0.717) is 15.8 Å². The van der Waals surface area contributed by atoms with Crippen molar-refractivity contribution in [3.63, 3.8) is 0 Å². The first-order chi connectivity index (χ1) is 8.95. The van der Waals surface area contributed by atoms with Crippen LogP contribution >= 0.6 is 50.5 Å². The van der Waals surface area contributed by atoms with E-state index in [-0.39, 0.29) is 12.1 Å². The van der Waals surface area contributed by atoms with E-state index < -0.39 is 0 Å². The van der Waals surface area contributed by atoms with Gasteiger partial charge in [-0.2, -0.15) is 0 Å². The van der Waals surface area contributed by atoms with Crippen LogP contribution in [0.4, 0.5) is 0 Å². The highest BCUT2D eigenvalue weighted by Crippen LogP contribution is 2.33. The molecule has 2 N–H and O–H groups in total. The highest BCUT2D eigenvalue weighted by molar-refractivity contribution is 9.10. The number of hydrogen-bond donors (Lipinski definition) is 1. The van der Waals surface area contributed by atoms with Gasteiger partial charge in [-0.3, -0.25) is 0 Å². The third-order valence-corrected chi connectivity index (χ3v) is 4.64. The second kappa shape index (κ2) is 6.46. The summed E-state index contributed by atoms with van der Waals surface area (Å²) >= 11 is 17.0. The molecular formula is C13H12BrCl2NOS. The number of thiophene rings is 1. The SMILES string of the molecule is CC(N)C(Oc1cc(Cl)cc(Cl)c1)c1cc(Br)cs1. The van der Waals surface area contributed by atoms with Crippen molar-refractivity contribution < 1.29 is 4.74 Å². The molecule has 102 valence electrons. The van der Waals surface area contributed by atoms with Gasteiger partial charge in [-0.1, -0.05) is 23.2 Å². The fourth-order valence-corrected chi connectivity index (χ4v) is 3.74. The number of ether oxygens (including phenoxy) is 1. The summed E-state index contributed by atoms with van der Waals surface area (Å²) in [6.07, 6.45) is -0.231. The van der Waals surface area contributed by atoms with Crippen molar-refractivity contribution in [2.75, 3.05) is 0 Å². The molecule has 1 heterocycles. The van der Waals surface area contributed by atoms with Crippen molar-refractivity contribution in [3.8, 4) is 5.75 Å². The van der Waals surface area contributed by atoms with Crippen LogP contribution in [0.3, 0.4) is 0 Å². The minimum Gasteiger partial charge on any atom is -0.483 e. The summed E-state index contributed by atoms with van der Waals surface area (Å²) in [5.41, 5.74) is 6.00. The second-order valence-electron chi connectivity index (χ2n) is 4.17. The van der Waals surface area contributed by atoms with Gasteiger partial charge in [0.05, 0.1) is 0 Å². The van der Waals surface area contributed by atoms with Gasteiger partial charge in [-0.15, -0.1) is 11.3 Å². The first-order valence-electron chi connectivity index (χ1n) is 5.58. The van der Waals surface area contributed by atoms with Gasteiger partial charge in [0.15, 0.2) is 0 Å². The predicted molar refractivity (Wildman–Crippen MR) is 85.5 cm³/mol. The standard InChI is InChI=1S/C13H12BrCl2NOS/c1-7(17)13(12-2-8(14)6-19-12)18-11-4-9(15)3-10(16)5-11/h2-7,13H,17H2,1H3. The predicted octanol–water partition coefficient (Wildman–Crippen LogP) is 5.28. The molecular weight excluding hydrogens is 369 g/mol. The smallest absolute Gasteiger partial charge is 0.148 e. The van der Waals surface area contributed by atoms with Crippen molar-refractivity contribution in [3.05, 3.63) is 49.0 Å². The zero-order valence-corrected chi connectivity index (χ0v) is 14.0. The van der Waals surface area contributed by atoms with E-state index in [1.165, 1.54) is 0 Å². The summed E-state index contributed by atoms with van der Waals surface area (Å²) in [5, 5.41) is 3.08. The maximum Gasteiger partial charge on any atom is 0.148 e. The first kappa shape index (κ1) is 15.1. The Kier molecular flexibility index (Phi) is 5.15. The zero-order chi connectivity index (χ0) is 14.0. The molecule has 0 saturated carbocycles. The molecule has 2 aromatic rings. The summed E-state index contributed by atoms with van der Waals surface area (Å²) in [7, 11) is 0. The lowest BCUT2D eigenvalue weighted by Crippen LogP contribution is -2.28. The molecule has 0 saturated heterocycles. The maximum absolute atomic E-state index is 6.00. The van der Waals surface area contributed by atoms with Crippen LogP contribution in [-0.4, -0.2) is 6.04 Å². The number of hydrogen-bond acceptors (Lipinski definition) is 3. The topological polar surface area (TPSA) is 35.2 Å². The maximum atomic E-state index is 6.00. The molecule has 19 heavy (non-hydrogen) atoms. The van der Waals surface area contributed by atoms with Crippen LogP contribution < -0.4 is 10.5 Å². The molecule has 2 nitrogen and oxygen atoms in total. The van der Waals surface area contributed by atoms with Gasteiger partial charge in [-0.05, 0) is 47.1 Å². The molecule has 0 amide bonds. The van der Waals surface area contributed by atoms with Gasteiger partial charge in [0.1, 0.15) is 11.9 Å². The van der Waals surface area contributed by atoms with Crippen LogP contribution in [0, 0.1) is 0 Å². The fraction of sp³-hybridized carbons (Fsp3) is 0.231. The highest BCUT2D eigenvalue weighted by atomic mass is 79.9. The monoisotopic (exact) mass is 379 g/mol. The Morgan fingerprint density at radius 2 is 1.84 bits per heavy atom. The van der Waals surface area contributed by atoms with Crippen molar-refractivity contribution in [2.45, 2.75) is 19.1 Å². The van der Waals surface area contributed by atoms with E-state index >= 15 is 0 Å². The lowest BCUT2D eigenvalue weighted by atomic mass is 10.1. The molecule has 2 rings (SSSR count). The van der Waals surface area contributed by atoms with Crippen LogP contribution in [-0.2, 0) is 0 Å². The Labute approximate surface area is 134 Å². The first-order valence-corrected chi connectivity index (χ1v) is 8.01. The van der Waals surface area contributed by atoms with Crippen molar-refractivity contribution >= 4 is 50.5 Å². The van der Waals surface area contributed by atoms with Gasteiger partial charge in [0.25, 0.3) is 0 Å². The normalized spacial score (nSPS) is 14.2. The van der Waals surface area contributed by atoms with Gasteiger partial charge < -0.3 is 10.5 Å². The third-order valence-electron chi connectivity index (χ3n) is 2.44. The van der Waals surface area contributed by atoms with Crippen molar-refractivity contribution in [1.29, 1.82) is 0 Å². The van der Waals surface area contributed by atoms with E-state index in [1.54, 1.807) is 29.5 Å². The van der Waals surface area contributed by atoms with E-state index in [0.717, 1.165) is 9.35 Å². The van der Waals surface area contributed by atoms with Crippen LogP contribution in [0.2, 0.25) is 10.0 Å². The molecule has 0 aliphatic carbocycles. The second-order valence-corrected chi connectivity index (χ2v) is 6.90. The largest absolute Gasteiger partial charge is 0.483 e. The Morgan fingerprint density at radius 3 is 2.32 bits per heavy atom. The summed E-state index contributed by atoms with van der Waals surface area (Å²) < 4.78 is 6.95. The van der Waals surface area contributed by atoms with Gasteiger partial charge >= 0.3 is 0 Å². The average Bonchev–Trinajstić information content (AvgIpc) is 2.70. The lowest BCUT2D eigenvalue weighted by Gasteiger charge is -2.21. The van der Waals surface area contributed by atoms with E-state index in [1.807, 2.05) is 18.4 Å². The molecule has 0 spiro atoms. The fourth-order valence-electron chi connectivity index (χ4n) is 1.65. The molecule has 0 bridgehead atoms. The van der Waals surface area contributed by atoms with E-state index in [9.17, 15) is 0 Å². The van der Waals surface area contributed by atoms with Gasteiger partial charge in [0.2, 0.25) is 0 Å². The Balaban J connectivity index is 2.26. The lowest BCUT2D eigenvalue weighted by molar-refractivity contribution is 0.184. The van der Waals surface area contributed by atoms with Crippen molar-refractivity contribution in [1.82, 2.24) is 0 Å². The molecule has 0 aliphatic rings. The summed E-state index contributed by atoms with van der Waals surface area (Å²) in [6.45, 7) is 1.91. The van der Waals surface area contributed by atoms with E-state index in [4.69, 9.17) is 33.7 Å². The average molecular weight is 381 g/mol. The molecule has 2 unspecified atom stereocenters. The highest BCUT2D eigenvalue weighted by Gasteiger charge is 2.20. The minimum atomic E-state index is -0.231. The molecule has 0 fully saturated rings. The molecule has 0 aliphatic heterocycles. The van der Waals surface area contributed by atoms with Gasteiger partial charge in [-0.25, -0.2) is 0 Å². The molecule has 6 heteroatoms. The summed E-state index contributed by atoms with van der Waals surface area (Å²) in [6, 6.07) is 6.98. The minimum absolute atomic E-state index is 0.150. The van der Waals surface area contributed by atoms with Crippen LogP contribution in [0.25, 0.3) is 0 Å². The Hall–Kier alpha value is -0.260. The third kappa shape index (κ3) is 4.10. The Morgan fingerprint density at radius 1 is 1.21 bits per heavy atom. The molecule has 1 aromatic carbocycles. The molecule has 1 aromatic heterocycles. The van der Waals surface area contributed by atoms with Crippen molar-refractivity contribution in [2.24, 2.45) is 5.73 Å². The van der Waals surface area contributed by atoms with Crippen LogP contribution in [0.1, 0.15) is 17.9 Å². The number of rotatable bonds is 4. The van der Waals surface area contributed by atoms with Crippen LogP contribution in [0.5, 0.6) is 5.75 Å².